The minimum absolute atomic E-state index is 0.252. The Kier molecular flexibility index (Phi) is 5.93. The largest absolute Gasteiger partial charge is 0.462 e. The summed E-state index contributed by atoms with van der Waals surface area (Å²) in [7, 11) is 0. The first kappa shape index (κ1) is 17.9. The molecule has 24 heavy (non-hydrogen) atoms. The molecular weight excluding hydrogens is 322 g/mol. The lowest BCUT2D eigenvalue weighted by Gasteiger charge is -2.08. The molecule has 1 heterocycles. The summed E-state index contributed by atoms with van der Waals surface area (Å²) in [6, 6.07) is 7.90. The Morgan fingerprint density at radius 2 is 1.88 bits per heavy atom. The van der Waals surface area contributed by atoms with Crippen LogP contribution in [0.5, 0.6) is 0 Å². The summed E-state index contributed by atoms with van der Waals surface area (Å²) in [6.07, 6.45) is 1.50. The van der Waals surface area contributed by atoms with Crippen LogP contribution in [0, 0.1) is 6.92 Å². The van der Waals surface area contributed by atoms with E-state index in [1.54, 1.807) is 6.92 Å². The third-order valence-corrected chi connectivity index (χ3v) is 4.19. The monoisotopic (exact) mass is 343 g/mol. The number of rotatable bonds is 5. The van der Waals surface area contributed by atoms with Gasteiger partial charge in [-0.3, -0.25) is 4.79 Å². The molecule has 1 amide bonds. The van der Waals surface area contributed by atoms with Crippen LogP contribution in [0.25, 0.3) is 11.1 Å². The molecule has 0 fully saturated rings. The fraction of sp³-hybridized carbons (Fsp3) is 0.263. The van der Waals surface area contributed by atoms with E-state index in [4.69, 9.17) is 4.74 Å². The van der Waals surface area contributed by atoms with Crippen molar-refractivity contribution in [3.05, 3.63) is 52.4 Å². The lowest BCUT2D eigenvalue weighted by molar-refractivity contribution is -0.111. The van der Waals surface area contributed by atoms with Crippen LogP contribution < -0.4 is 5.32 Å². The first-order chi connectivity index (χ1) is 11.4. The quantitative estimate of drug-likeness (QED) is 0.626. The number of hydrogen-bond acceptors (Lipinski definition) is 4. The lowest BCUT2D eigenvalue weighted by Crippen LogP contribution is -2.12. The van der Waals surface area contributed by atoms with Gasteiger partial charge in [-0.05, 0) is 33.3 Å². The summed E-state index contributed by atoms with van der Waals surface area (Å²) in [5, 5.41) is 5.16. The number of hydrogen-bond donors (Lipinski definition) is 1. The van der Waals surface area contributed by atoms with E-state index in [0.29, 0.717) is 10.6 Å². The van der Waals surface area contributed by atoms with Gasteiger partial charge in [-0.1, -0.05) is 35.4 Å². The van der Waals surface area contributed by atoms with E-state index in [1.165, 1.54) is 17.4 Å². The molecule has 0 aliphatic heterocycles. The summed E-state index contributed by atoms with van der Waals surface area (Å²) in [5.74, 6) is -0.681. The number of thiophene rings is 1. The zero-order chi connectivity index (χ0) is 17.7. The number of amides is 1. The maximum absolute atomic E-state index is 12.4. The van der Waals surface area contributed by atoms with Gasteiger partial charge in [0.25, 0.3) is 0 Å². The summed E-state index contributed by atoms with van der Waals surface area (Å²) in [5.41, 5.74) is 4.12. The Balaban J connectivity index is 2.45. The molecule has 0 aliphatic rings. The fourth-order valence-electron chi connectivity index (χ4n) is 2.21. The highest BCUT2D eigenvalue weighted by Crippen LogP contribution is 2.36. The average Bonchev–Trinajstić information content (AvgIpc) is 2.91. The lowest BCUT2D eigenvalue weighted by atomic mass is 10.0. The second kappa shape index (κ2) is 7.93. The van der Waals surface area contributed by atoms with Crippen LogP contribution in [-0.2, 0) is 9.53 Å². The van der Waals surface area contributed by atoms with Crippen molar-refractivity contribution >= 4 is 28.2 Å². The zero-order valence-corrected chi connectivity index (χ0v) is 15.1. The molecule has 1 aromatic carbocycles. The van der Waals surface area contributed by atoms with Crippen LogP contribution in [0.2, 0.25) is 0 Å². The molecule has 126 valence electrons. The number of anilines is 1. The predicted octanol–water partition coefficient (Wildman–Crippen LogP) is 4.80. The molecule has 0 saturated heterocycles. The Bertz CT molecular complexity index is 768. The van der Waals surface area contributed by atoms with E-state index in [2.05, 4.69) is 5.32 Å². The molecule has 0 unspecified atom stereocenters. The van der Waals surface area contributed by atoms with Gasteiger partial charge in [-0.2, -0.15) is 0 Å². The van der Waals surface area contributed by atoms with Crippen molar-refractivity contribution in [3.8, 4) is 11.1 Å². The van der Waals surface area contributed by atoms with Crippen molar-refractivity contribution in [1.82, 2.24) is 0 Å². The molecule has 0 spiro atoms. The molecule has 2 aromatic rings. The van der Waals surface area contributed by atoms with Gasteiger partial charge in [0.1, 0.15) is 10.6 Å². The van der Waals surface area contributed by atoms with Gasteiger partial charge in [0.05, 0.1) is 6.61 Å². The minimum atomic E-state index is -0.429. The fourth-order valence-corrected chi connectivity index (χ4v) is 3.17. The molecule has 1 N–H and O–H groups in total. The van der Waals surface area contributed by atoms with Gasteiger partial charge in [0, 0.05) is 17.0 Å². The van der Waals surface area contributed by atoms with Gasteiger partial charge in [0.15, 0.2) is 0 Å². The van der Waals surface area contributed by atoms with E-state index < -0.39 is 5.97 Å². The molecule has 0 saturated carbocycles. The van der Waals surface area contributed by atoms with E-state index in [1.807, 2.05) is 50.4 Å². The van der Waals surface area contributed by atoms with Gasteiger partial charge < -0.3 is 10.1 Å². The first-order valence-electron chi connectivity index (χ1n) is 7.74. The maximum Gasteiger partial charge on any atom is 0.341 e. The van der Waals surface area contributed by atoms with Crippen molar-refractivity contribution in [3.63, 3.8) is 0 Å². The number of carbonyl (C=O) groups excluding carboxylic acids is 2. The molecule has 0 aliphatic carbocycles. The third-order valence-electron chi connectivity index (χ3n) is 3.29. The van der Waals surface area contributed by atoms with Crippen molar-refractivity contribution in [2.45, 2.75) is 27.7 Å². The molecule has 5 heteroatoms. The van der Waals surface area contributed by atoms with Gasteiger partial charge in [-0.15, -0.1) is 11.3 Å². The number of esters is 1. The standard InChI is InChI=1S/C19H21NO3S/c1-5-23-19(22)17-15(14-8-6-13(4)7-9-14)11-24-18(17)20-16(21)10-12(2)3/h6-11H,5H2,1-4H3,(H,20,21). The van der Waals surface area contributed by atoms with Gasteiger partial charge >= 0.3 is 5.97 Å². The number of benzene rings is 1. The SMILES string of the molecule is CCOC(=O)c1c(-c2ccc(C)cc2)csc1NC(=O)C=C(C)C. The number of nitrogens with one attached hydrogen (secondary N) is 1. The predicted molar refractivity (Wildman–Crippen MR) is 98.5 cm³/mol. The maximum atomic E-state index is 12.4. The summed E-state index contributed by atoms with van der Waals surface area (Å²) >= 11 is 1.32. The van der Waals surface area contributed by atoms with E-state index in [9.17, 15) is 9.59 Å². The highest BCUT2D eigenvalue weighted by Gasteiger charge is 2.22. The molecule has 0 radical (unpaired) electrons. The Labute approximate surface area is 146 Å². The highest BCUT2D eigenvalue weighted by atomic mass is 32.1. The van der Waals surface area contributed by atoms with E-state index in [0.717, 1.165) is 22.3 Å². The first-order valence-corrected chi connectivity index (χ1v) is 8.62. The molecule has 1 aromatic heterocycles. The molecule has 0 atom stereocenters. The van der Waals surface area contributed by atoms with Crippen molar-refractivity contribution in [1.29, 1.82) is 0 Å². The van der Waals surface area contributed by atoms with Crippen molar-refractivity contribution < 1.29 is 14.3 Å². The van der Waals surface area contributed by atoms with Gasteiger partial charge in [0.2, 0.25) is 5.91 Å². The Morgan fingerprint density at radius 3 is 2.46 bits per heavy atom. The highest BCUT2D eigenvalue weighted by molar-refractivity contribution is 7.15. The smallest absolute Gasteiger partial charge is 0.341 e. The molecule has 0 bridgehead atoms. The topological polar surface area (TPSA) is 55.4 Å². The second-order valence-electron chi connectivity index (χ2n) is 5.65. The summed E-state index contributed by atoms with van der Waals surface area (Å²) in [4.78, 5) is 24.4. The molecule has 4 nitrogen and oxygen atoms in total. The van der Waals surface area contributed by atoms with Crippen LogP contribution in [0.1, 0.15) is 36.7 Å². The summed E-state index contributed by atoms with van der Waals surface area (Å²) in [6.45, 7) is 7.74. The normalized spacial score (nSPS) is 10.2. The number of aryl methyl sites for hydroxylation is 1. The van der Waals surface area contributed by atoms with Crippen LogP contribution >= 0.6 is 11.3 Å². The second-order valence-corrected chi connectivity index (χ2v) is 6.53. The number of allylic oxidation sites excluding steroid dienone is 1. The molecule has 2 rings (SSSR count). The number of carbonyl (C=O) groups is 2. The zero-order valence-electron chi connectivity index (χ0n) is 14.3. The van der Waals surface area contributed by atoms with Crippen molar-refractivity contribution in [2.24, 2.45) is 0 Å². The molecular formula is C19H21NO3S. The third kappa shape index (κ3) is 4.32. The van der Waals surface area contributed by atoms with Crippen molar-refractivity contribution in [2.75, 3.05) is 11.9 Å². The Morgan fingerprint density at radius 1 is 1.21 bits per heavy atom. The van der Waals surface area contributed by atoms with Crippen LogP contribution in [0.4, 0.5) is 5.00 Å². The van der Waals surface area contributed by atoms with E-state index >= 15 is 0 Å². The van der Waals surface area contributed by atoms with Crippen LogP contribution in [0.3, 0.4) is 0 Å². The van der Waals surface area contributed by atoms with Crippen LogP contribution in [-0.4, -0.2) is 18.5 Å². The number of ether oxygens (including phenoxy) is 1. The average molecular weight is 343 g/mol. The summed E-state index contributed by atoms with van der Waals surface area (Å²) < 4.78 is 5.18. The van der Waals surface area contributed by atoms with Gasteiger partial charge in [-0.25, -0.2) is 4.79 Å². The Hall–Kier alpha value is -2.40. The van der Waals surface area contributed by atoms with E-state index in [-0.39, 0.29) is 12.5 Å². The minimum Gasteiger partial charge on any atom is -0.462 e. The van der Waals surface area contributed by atoms with Crippen LogP contribution in [0.15, 0.2) is 41.3 Å².